The average molecular weight is 1430 g/mol. The number of phosphoric ester groups is 2. The Kier molecular flexibility index (Phi) is 69.7. The smallest absolute Gasteiger partial charge is 0.462 e. The molecular formula is C79H150O17P2. The summed E-state index contributed by atoms with van der Waals surface area (Å²) in [6.07, 6.45) is 64.5. The lowest BCUT2D eigenvalue weighted by atomic mass is 9.99. The number of carbonyl (C=O) groups is 4. The number of unbranched alkanes of at least 4 members (excludes halogenated alkanes) is 45. The minimum atomic E-state index is -4.96. The molecule has 0 heterocycles. The highest BCUT2D eigenvalue weighted by Gasteiger charge is 2.30. The van der Waals surface area contributed by atoms with Gasteiger partial charge in [-0.05, 0) is 57.3 Å². The van der Waals surface area contributed by atoms with E-state index in [1.165, 1.54) is 205 Å². The summed E-state index contributed by atoms with van der Waals surface area (Å²) in [6, 6.07) is 0. The molecule has 0 aromatic carbocycles. The van der Waals surface area contributed by atoms with Crippen LogP contribution in [0.1, 0.15) is 394 Å². The van der Waals surface area contributed by atoms with Crippen LogP contribution < -0.4 is 0 Å². The van der Waals surface area contributed by atoms with Crippen molar-refractivity contribution in [1.82, 2.24) is 0 Å². The van der Waals surface area contributed by atoms with Crippen LogP contribution in [-0.4, -0.2) is 96.7 Å². The van der Waals surface area contributed by atoms with E-state index >= 15 is 0 Å². The van der Waals surface area contributed by atoms with Gasteiger partial charge in [0.05, 0.1) is 26.4 Å². The average Bonchev–Trinajstić information content (AvgIpc) is 1.21. The van der Waals surface area contributed by atoms with Crippen LogP contribution in [0.2, 0.25) is 0 Å². The molecule has 0 amide bonds. The molecule has 0 aliphatic rings. The molecule has 6 atom stereocenters. The maximum absolute atomic E-state index is 13.1. The zero-order valence-electron chi connectivity index (χ0n) is 63.4. The predicted octanol–water partition coefficient (Wildman–Crippen LogP) is 23.2. The summed E-state index contributed by atoms with van der Waals surface area (Å²) in [4.78, 5) is 72.9. The number of aliphatic hydroxyl groups excluding tert-OH is 1. The zero-order valence-corrected chi connectivity index (χ0v) is 65.2. The molecule has 0 aromatic heterocycles. The highest BCUT2D eigenvalue weighted by Crippen LogP contribution is 2.45. The SMILES string of the molecule is CCCCCC/C=C\C=C/CCCCCCCC(=O)O[C@H](COC(=O)CCCCCCCCCCC)COP(=O)(O)OC[C@H](O)COP(=O)(O)OC[C@@H](COC(=O)CCCCCCCCCCCCCCCCCC)OC(=O)CCCCCCCCCCCCCCCCC(C)CC. The molecule has 0 fully saturated rings. The molecule has 0 rings (SSSR count). The first-order valence-electron chi connectivity index (χ1n) is 40.5. The topological polar surface area (TPSA) is 237 Å². The minimum absolute atomic E-state index is 0.0853. The first kappa shape index (κ1) is 95.5. The second-order valence-corrected chi connectivity index (χ2v) is 30.9. The van der Waals surface area contributed by atoms with Gasteiger partial charge in [0, 0.05) is 25.7 Å². The predicted molar refractivity (Wildman–Crippen MR) is 400 cm³/mol. The van der Waals surface area contributed by atoms with Gasteiger partial charge in [-0.15, -0.1) is 0 Å². The molecule has 3 N–H and O–H groups in total. The van der Waals surface area contributed by atoms with Gasteiger partial charge in [0.2, 0.25) is 0 Å². The molecule has 0 radical (unpaired) electrons. The van der Waals surface area contributed by atoms with Gasteiger partial charge in [-0.2, -0.15) is 0 Å². The van der Waals surface area contributed by atoms with Crippen molar-refractivity contribution in [3.63, 3.8) is 0 Å². The lowest BCUT2D eigenvalue weighted by Gasteiger charge is -2.21. The summed E-state index contributed by atoms with van der Waals surface area (Å²) < 4.78 is 68.6. The second-order valence-electron chi connectivity index (χ2n) is 28.0. The van der Waals surface area contributed by atoms with Gasteiger partial charge < -0.3 is 33.8 Å². The molecule has 19 heteroatoms. The third-order valence-corrected chi connectivity index (χ3v) is 20.2. The van der Waals surface area contributed by atoms with Crippen molar-refractivity contribution in [3.05, 3.63) is 24.3 Å². The van der Waals surface area contributed by atoms with Gasteiger partial charge in [0.15, 0.2) is 12.2 Å². The van der Waals surface area contributed by atoms with Crippen molar-refractivity contribution < 1.29 is 80.2 Å². The van der Waals surface area contributed by atoms with Gasteiger partial charge >= 0.3 is 39.5 Å². The van der Waals surface area contributed by atoms with Crippen molar-refractivity contribution >= 4 is 39.5 Å². The fraction of sp³-hybridized carbons (Fsp3) is 0.899. The van der Waals surface area contributed by atoms with Crippen molar-refractivity contribution in [3.8, 4) is 0 Å². The quantitative estimate of drug-likeness (QED) is 0.0169. The van der Waals surface area contributed by atoms with Crippen LogP contribution in [-0.2, 0) is 65.4 Å². The van der Waals surface area contributed by atoms with Gasteiger partial charge in [-0.25, -0.2) is 9.13 Å². The number of hydrogen-bond donors (Lipinski definition) is 3. The maximum atomic E-state index is 13.1. The van der Waals surface area contributed by atoms with Crippen molar-refractivity contribution in [2.45, 2.75) is 412 Å². The molecule has 3 unspecified atom stereocenters. The van der Waals surface area contributed by atoms with Crippen LogP contribution in [0, 0.1) is 5.92 Å². The van der Waals surface area contributed by atoms with Crippen molar-refractivity contribution in [2.24, 2.45) is 5.92 Å². The van der Waals surface area contributed by atoms with Crippen LogP contribution in [0.25, 0.3) is 0 Å². The summed E-state index contributed by atoms with van der Waals surface area (Å²) in [5.74, 6) is -1.30. The molecular weight excluding hydrogens is 1280 g/mol. The monoisotopic (exact) mass is 1430 g/mol. The Bertz CT molecular complexity index is 1970. The fourth-order valence-corrected chi connectivity index (χ4v) is 13.2. The number of phosphoric acid groups is 2. The lowest BCUT2D eigenvalue weighted by molar-refractivity contribution is -0.161. The summed E-state index contributed by atoms with van der Waals surface area (Å²) in [6.45, 7) is 7.29. The zero-order chi connectivity index (χ0) is 71.9. The van der Waals surface area contributed by atoms with Crippen LogP contribution >= 0.6 is 15.6 Å². The number of allylic oxidation sites excluding steroid dienone is 4. The Balaban J connectivity index is 5.26. The minimum Gasteiger partial charge on any atom is -0.462 e. The van der Waals surface area contributed by atoms with E-state index < -0.39 is 97.5 Å². The normalized spacial score (nSPS) is 14.3. The number of rotatable bonds is 77. The van der Waals surface area contributed by atoms with Crippen LogP contribution in [0.15, 0.2) is 24.3 Å². The Morgan fingerprint density at radius 2 is 0.571 bits per heavy atom. The number of carbonyl (C=O) groups excluding carboxylic acids is 4. The highest BCUT2D eigenvalue weighted by molar-refractivity contribution is 7.47. The second kappa shape index (κ2) is 71.5. The van der Waals surface area contributed by atoms with Crippen molar-refractivity contribution in [2.75, 3.05) is 39.6 Å². The first-order valence-corrected chi connectivity index (χ1v) is 43.5. The molecule has 0 aliphatic heterocycles. The van der Waals surface area contributed by atoms with Crippen LogP contribution in [0.3, 0.4) is 0 Å². The Morgan fingerprint density at radius 3 is 0.867 bits per heavy atom. The van der Waals surface area contributed by atoms with Crippen molar-refractivity contribution in [1.29, 1.82) is 0 Å². The van der Waals surface area contributed by atoms with Gasteiger partial charge in [-0.1, -0.05) is 341 Å². The number of ether oxygens (including phenoxy) is 4. The maximum Gasteiger partial charge on any atom is 0.472 e. The molecule has 98 heavy (non-hydrogen) atoms. The number of esters is 4. The third kappa shape index (κ3) is 70.6. The molecule has 0 spiro atoms. The summed E-state index contributed by atoms with van der Waals surface area (Å²) in [5.41, 5.74) is 0. The Hall–Kier alpha value is -2.46. The van der Waals surface area contributed by atoms with E-state index in [0.717, 1.165) is 109 Å². The third-order valence-electron chi connectivity index (χ3n) is 18.3. The van der Waals surface area contributed by atoms with Crippen LogP contribution in [0.4, 0.5) is 0 Å². The largest absolute Gasteiger partial charge is 0.472 e. The molecule has 17 nitrogen and oxygen atoms in total. The summed E-state index contributed by atoms with van der Waals surface area (Å²) >= 11 is 0. The van der Waals surface area contributed by atoms with Crippen LogP contribution in [0.5, 0.6) is 0 Å². The Morgan fingerprint density at radius 1 is 0.327 bits per heavy atom. The van der Waals surface area contributed by atoms with E-state index in [-0.39, 0.29) is 25.7 Å². The highest BCUT2D eigenvalue weighted by atomic mass is 31.2. The summed E-state index contributed by atoms with van der Waals surface area (Å²) in [7, 11) is -9.93. The molecule has 578 valence electrons. The number of aliphatic hydroxyl groups is 1. The molecule has 0 aromatic rings. The summed E-state index contributed by atoms with van der Waals surface area (Å²) in [5, 5.41) is 10.6. The van der Waals surface area contributed by atoms with E-state index in [1.807, 2.05) is 0 Å². The van der Waals surface area contributed by atoms with Gasteiger partial charge in [0.25, 0.3) is 0 Å². The number of hydrogen-bond acceptors (Lipinski definition) is 15. The standard InChI is InChI=1S/C79H150O17P2/c1-6-10-13-16-19-22-24-26-28-30-34-38-43-48-53-58-63-77(82)90-69-75(96-79(84)65-60-55-50-45-40-36-32-31-33-37-42-46-51-56-61-72(5)9-4)71-94-98(87,88)92-67-73(80)66-91-97(85,86)93-70-74(68-89-76(81)62-57-52-47-41-21-18-15-12-8-3)95-78(83)64-59-54-49-44-39-35-29-27-25-23-20-17-14-11-7-2/h23,25,27,29,72-75,80H,6-22,24,26,28,30-71H2,1-5H3,(H,85,86)(H,87,88)/b25-23-,29-27-/t72?,73-,74+,75+/m0/s1. The van der Waals surface area contributed by atoms with E-state index in [2.05, 4.69) is 58.9 Å². The fourth-order valence-electron chi connectivity index (χ4n) is 11.7. The molecule has 0 saturated heterocycles. The van der Waals surface area contributed by atoms with E-state index in [9.17, 15) is 43.2 Å². The molecule has 0 aliphatic carbocycles. The van der Waals surface area contributed by atoms with E-state index in [4.69, 9.17) is 37.0 Å². The first-order chi connectivity index (χ1) is 47.6. The Labute approximate surface area is 599 Å². The lowest BCUT2D eigenvalue weighted by Crippen LogP contribution is -2.30. The van der Waals surface area contributed by atoms with Gasteiger partial charge in [-0.3, -0.25) is 37.3 Å². The molecule has 0 bridgehead atoms. The molecule has 0 saturated carbocycles. The van der Waals surface area contributed by atoms with E-state index in [0.29, 0.717) is 25.7 Å². The van der Waals surface area contributed by atoms with E-state index in [1.54, 1.807) is 0 Å². The van der Waals surface area contributed by atoms with Gasteiger partial charge in [0.1, 0.15) is 19.3 Å².